The van der Waals surface area contributed by atoms with Gasteiger partial charge in [0.2, 0.25) is 0 Å². The van der Waals surface area contributed by atoms with E-state index in [1.165, 1.54) is 0 Å². The number of rotatable bonds is 7. The average molecular weight is 425 g/mol. The van der Waals surface area contributed by atoms with Crippen molar-refractivity contribution in [3.63, 3.8) is 0 Å². The topological polar surface area (TPSA) is 138 Å². The summed E-state index contributed by atoms with van der Waals surface area (Å²) in [5.41, 5.74) is -0.0722. The Morgan fingerprint density at radius 3 is 2.67 bits per heavy atom. The van der Waals surface area contributed by atoms with Gasteiger partial charge in [-0.15, -0.1) is 0 Å². The normalized spacial score (nSPS) is 37.0. The second-order valence-electron chi connectivity index (χ2n) is 7.97. The zero-order valence-electron chi connectivity index (χ0n) is 17.2. The predicted octanol–water partition coefficient (Wildman–Crippen LogP) is 0.209. The number of ether oxygens (including phenoxy) is 3. The van der Waals surface area contributed by atoms with E-state index in [0.717, 1.165) is 24.8 Å². The summed E-state index contributed by atoms with van der Waals surface area (Å²) in [6.45, 7) is 0.633. The van der Waals surface area contributed by atoms with Crippen molar-refractivity contribution in [2.24, 2.45) is 5.92 Å². The number of carboxylic acids is 1. The van der Waals surface area contributed by atoms with Crippen LogP contribution in [-0.2, 0) is 19.9 Å². The molecular formula is C21H31NO8. The summed E-state index contributed by atoms with van der Waals surface area (Å²) in [6, 6.07) is 7.44. The van der Waals surface area contributed by atoms with Gasteiger partial charge in [0, 0.05) is 12.5 Å². The Hall–Kier alpha value is -1.75. The van der Waals surface area contributed by atoms with Crippen LogP contribution in [0.4, 0.5) is 0 Å². The Bertz CT molecular complexity index is 729. The Morgan fingerprint density at radius 2 is 2.00 bits per heavy atom. The molecule has 30 heavy (non-hydrogen) atoms. The number of aliphatic hydroxyl groups excluding tert-OH is 3. The van der Waals surface area contributed by atoms with Crippen LogP contribution >= 0.6 is 0 Å². The molecule has 9 heteroatoms. The van der Waals surface area contributed by atoms with Crippen molar-refractivity contribution in [3.8, 4) is 5.75 Å². The van der Waals surface area contributed by atoms with Crippen LogP contribution in [0.15, 0.2) is 24.3 Å². The SMILES string of the molecule is CNC[C@H]1CCCC[C@]1(O[C@@H]1O[C@H](C(=O)O)[C@@H](O)[C@H](O)[C@H]1O)c1cccc(OC)c1. The second kappa shape index (κ2) is 9.59. The monoisotopic (exact) mass is 425 g/mol. The molecule has 5 N–H and O–H groups in total. The summed E-state index contributed by atoms with van der Waals surface area (Å²) in [5, 5.41) is 43.3. The molecule has 1 aliphatic carbocycles. The van der Waals surface area contributed by atoms with Crippen LogP contribution in [0.25, 0.3) is 0 Å². The number of benzene rings is 1. The fourth-order valence-electron chi connectivity index (χ4n) is 4.58. The van der Waals surface area contributed by atoms with Crippen molar-refractivity contribution in [1.29, 1.82) is 0 Å². The molecule has 1 aliphatic heterocycles. The van der Waals surface area contributed by atoms with Gasteiger partial charge >= 0.3 is 5.97 Å². The van der Waals surface area contributed by atoms with Crippen molar-refractivity contribution in [1.82, 2.24) is 5.32 Å². The maximum atomic E-state index is 11.5. The standard InChI is InChI=1S/C21H31NO8/c1-22-11-13-6-3-4-9-21(13,12-7-5-8-14(10-12)28-2)30-20-17(25)15(23)16(24)18(29-20)19(26)27/h5,7-8,10,13,15-18,20,22-25H,3-4,6,9,11H2,1-2H3,(H,26,27)/t13-,15+,16+,17-,18+,20+,21+/m1/s1. The molecule has 0 bridgehead atoms. The molecule has 0 unspecified atom stereocenters. The number of hydrogen-bond donors (Lipinski definition) is 5. The number of carbonyl (C=O) groups is 1. The van der Waals surface area contributed by atoms with Crippen LogP contribution in [0.3, 0.4) is 0 Å². The van der Waals surface area contributed by atoms with Gasteiger partial charge in [0.15, 0.2) is 12.4 Å². The first kappa shape index (κ1) is 22.9. The van der Waals surface area contributed by atoms with Crippen LogP contribution in [0.5, 0.6) is 5.75 Å². The lowest BCUT2D eigenvalue weighted by atomic mass is 9.71. The molecule has 0 spiro atoms. The Morgan fingerprint density at radius 1 is 1.23 bits per heavy atom. The number of aliphatic carboxylic acids is 1. The minimum Gasteiger partial charge on any atom is -0.497 e. The van der Waals surface area contributed by atoms with Crippen LogP contribution in [0.1, 0.15) is 31.2 Å². The first-order valence-corrected chi connectivity index (χ1v) is 10.2. The smallest absolute Gasteiger partial charge is 0.335 e. The fraction of sp³-hybridized carbons (Fsp3) is 0.667. The van der Waals surface area contributed by atoms with E-state index in [2.05, 4.69) is 5.32 Å². The van der Waals surface area contributed by atoms with Crippen LogP contribution < -0.4 is 10.1 Å². The van der Waals surface area contributed by atoms with Gasteiger partial charge in [-0.3, -0.25) is 0 Å². The molecule has 1 saturated carbocycles. The molecule has 1 saturated heterocycles. The third-order valence-electron chi connectivity index (χ3n) is 6.16. The van der Waals surface area contributed by atoms with Gasteiger partial charge in [0.05, 0.1) is 7.11 Å². The zero-order valence-corrected chi connectivity index (χ0v) is 17.2. The van der Waals surface area contributed by atoms with E-state index in [0.29, 0.717) is 18.7 Å². The van der Waals surface area contributed by atoms with Crippen molar-refractivity contribution in [3.05, 3.63) is 29.8 Å². The maximum Gasteiger partial charge on any atom is 0.335 e. The van der Waals surface area contributed by atoms with Crippen molar-refractivity contribution < 1.29 is 39.4 Å². The lowest BCUT2D eigenvalue weighted by Gasteiger charge is -2.49. The third-order valence-corrected chi connectivity index (χ3v) is 6.16. The third kappa shape index (κ3) is 4.32. The molecule has 7 atom stereocenters. The zero-order chi connectivity index (χ0) is 21.9. The molecule has 0 radical (unpaired) electrons. The minimum absolute atomic E-state index is 0.00595. The second-order valence-corrected chi connectivity index (χ2v) is 7.97. The fourth-order valence-corrected chi connectivity index (χ4v) is 4.58. The molecule has 0 aromatic heterocycles. The number of methoxy groups -OCH3 is 1. The molecule has 168 valence electrons. The van der Waals surface area contributed by atoms with Crippen molar-refractivity contribution in [2.45, 2.75) is 62.0 Å². The molecule has 2 aliphatic rings. The number of hydrogen-bond acceptors (Lipinski definition) is 8. The van der Waals surface area contributed by atoms with E-state index in [4.69, 9.17) is 14.2 Å². The van der Waals surface area contributed by atoms with E-state index in [-0.39, 0.29) is 5.92 Å². The maximum absolute atomic E-state index is 11.5. The van der Waals surface area contributed by atoms with Crippen LogP contribution in [0.2, 0.25) is 0 Å². The highest BCUT2D eigenvalue weighted by Crippen LogP contribution is 2.47. The molecule has 9 nitrogen and oxygen atoms in total. The van der Waals surface area contributed by atoms with Crippen LogP contribution in [-0.4, -0.2) is 77.8 Å². The molecule has 2 fully saturated rings. The number of carboxylic acid groups (broad SMARTS) is 1. The minimum atomic E-state index is -1.76. The highest BCUT2D eigenvalue weighted by atomic mass is 16.7. The first-order valence-electron chi connectivity index (χ1n) is 10.2. The Balaban J connectivity index is 2.00. The predicted molar refractivity (Wildman–Crippen MR) is 106 cm³/mol. The van der Waals surface area contributed by atoms with Gasteiger partial charge in [0.1, 0.15) is 29.7 Å². The summed E-state index contributed by atoms with van der Waals surface area (Å²) in [7, 11) is 3.42. The molecule has 1 aromatic carbocycles. The molecule has 3 rings (SSSR count). The van der Waals surface area contributed by atoms with Gasteiger partial charge in [-0.2, -0.15) is 0 Å². The van der Waals surface area contributed by atoms with E-state index in [1.54, 1.807) is 7.11 Å². The van der Waals surface area contributed by atoms with E-state index in [9.17, 15) is 25.2 Å². The lowest BCUT2D eigenvalue weighted by molar-refractivity contribution is -0.333. The summed E-state index contributed by atoms with van der Waals surface area (Å²) in [6.07, 6.45) is -4.85. The van der Waals surface area contributed by atoms with Gasteiger partial charge in [0.25, 0.3) is 0 Å². The van der Waals surface area contributed by atoms with Gasteiger partial charge in [-0.25, -0.2) is 4.79 Å². The van der Waals surface area contributed by atoms with E-state index < -0.39 is 42.3 Å². The molecule has 0 amide bonds. The lowest BCUT2D eigenvalue weighted by Crippen LogP contribution is -2.62. The van der Waals surface area contributed by atoms with E-state index in [1.807, 2.05) is 31.3 Å². The Kier molecular flexibility index (Phi) is 7.33. The molecule has 1 heterocycles. The van der Waals surface area contributed by atoms with Crippen molar-refractivity contribution in [2.75, 3.05) is 20.7 Å². The largest absolute Gasteiger partial charge is 0.497 e. The molecular weight excluding hydrogens is 394 g/mol. The average Bonchev–Trinajstić information content (AvgIpc) is 2.75. The summed E-state index contributed by atoms with van der Waals surface area (Å²) in [5.74, 6) is -0.785. The van der Waals surface area contributed by atoms with Crippen molar-refractivity contribution >= 4 is 5.97 Å². The summed E-state index contributed by atoms with van der Waals surface area (Å²) in [4.78, 5) is 11.5. The highest BCUT2D eigenvalue weighted by Gasteiger charge is 2.52. The molecule has 1 aromatic rings. The highest BCUT2D eigenvalue weighted by molar-refractivity contribution is 5.73. The summed E-state index contributed by atoms with van der Waals surface area (Å²) < 4.78 is 17.2. The Labute approximate surface area is 175 Å². The quantitative estimate of drug-likeness (QED) is 0.415. The number of nitrogens with one attached hydrogen (secondary N) is 1. The first-order chi connectivity index (χ1) is 14.3. The van der Waals surface area contributed by atoms with Gasteiger partial charge < -0.3 is 40.0 Å². The van der Waals surface area contributed by atoms with Gasteiger partial charge in [-0.1, -0.05) is 25.0 Å². The van der Waals surface area contributed by atoms with E-state index >= 15 is 0 Å². The summed E-state index contributed by atoms with van der Waals surface area (Å²) >= 11 is 0. The number of aliphatic hydroxyl groups is 3. The van der Waals surface area contributed by atoms with Gasteiger partial charge in [-0.05, 0) is 37.6 Å². The van der Waals surface area contributed by atoms with Crippen LogP contribution in [0, 0.1) is 5.92 Å².